The monoisotopic (exact) mass is 239 g/mol. The molecule has 17 heavy (non-hydrogen) atoms. The Morgan fingerprint density at radius 2 is 1.88 bits per heavy atom. The quantitative estimate of drug-likeness (QED) is 0.812. The lowest BCUT2D eigenvalue weighted by molar-refractivity contribution is -0.141. The largest absolute Gasteiger partial charge is 0.493 e. The van der Waals surface area contributed by atoms with E-state index in [-0.39, 0.29) is 0 Å². The van der Waals surface area contributed by atoms with Gasteiger partial charge in [-0.25, -0.2) is 0 Å². The average molecular weight is 239 g/mol. The molecule has 0 radical (unpaired) electrons. The number of carboxylic acid groups (broad SMARTS) is 1. The number of carbonyl (C=O) groups is 1. The molecule has 2 unspecified atom stereocenters. The fourth-order valence-corrected chi connectivity index (χ4v) is 1.50. The van der Waals surface area contributed by atoms with Gasteiger partial charge in [-0.05, 0) is 17.7 Å². The molecule has 0 saturated carbocycles. The van der Waals surface area contributed by atoms with Gasteiger partial charge in [0.2, 0.25) is 0 Å². The van der Waals surface area contributed by atoms with Gasteiger partial charge in [-0.15, -0.1) is 0 Å². The molecule has 2 atom stereocenters. The first-order valence-corrected chi connectivity index (χ1v) is 5.21. The molecule has 0 aliphatic carbocycles. The molecule has 5 nitrogen and oxygen atoms in total. The van der Waals surface area contributed by atoms with E-state index in [2.05, 4.69) is 0 Å². The van der Waals surface area contributed by atoms with E-state index >= 15 is 0 Å². The maximum Gasteiger partial charge on any atom is 0.308 e. The number of nitrogens with two attached hydrogens (primary N) is 1. The van der Waals surface area contributed by atoms with Crippen molar-refractivity contribution in [2.24, 2.45) is 11.7 Å². The van der Waals surface area contributed by atoms with Crippen molar-refractivity contribution in [3.05, 3.63) is 23.8 Å². The molecule has 0 spiro atoms. The van der Waals surface area contributed by atoms with Crippen LogP contribution in [0.5, 0.6) is 11.5 Å². The summed E-state index contributed by atoms with van der Waals surface area (Å²) in [5.41, 5.74) is 6.58. The second-order valence-corrected chi connectivity index (χ2v) is 3.77. The highest BCUT2D eigenvalue weighted by molar-refractivity contribution is 5.70. The van der Waals surface area contributed by atoms with Crippen LogP contribution in [-0.4, -0.2) is 25.3 Å². The number of hydrogen-bond donors (Lipinski definition) is 2. The zero-order chi connectivity index (χ0) is 13.0. The van der Waals surface area contributed by atoms with Gasteiger partial charge in [0.1, 0.15) is 0 Å². The lowest BCUT2D eigenvalue weighted by Gasteiger charge is -2.18. The summed E-state index contributed by atoms with van der Waals surface area (Å²) in [5, 5.41) is 8.91. The third-order valence-corrected chi connectivity index (χ3v) is 2.72. The molecule has 1 aromatic rings. The van der Waals surface area contributed by atoms with Crippen molar-refractivity contribution in [1.82, 2.24) is 0 Å². The molecule has 0 amide bonds. The average Bonchev–Trinajstić information content (AvgIpc) is 2.35. The van der Waals surface area contributed by atoms with Crippen molar-refractivity contribution in [3.63, 3.8) is 0 Å². The second kappa shape index (κ2) is 5.54. The zero-order valence-corrected chi connectivity index (χ0v) is 10.1. The van der Waals surface area contributed by atoms with Crippen LogP contribution >= 0.6 is 0 Å². The highest BCUT2D eigenvalue weighted by Crippen LogP contribution is 2.31. The predicted octanol–water partition coefficient (Wildman–Crippen LogP) is 1.42. The molecule has 0 heterocycles. The highest BCUT2D eigenvalue weighted by Gasteiger charge is 2.22. The van der Waals surface area contributed by atoms with E-state index in [0.29, 0.717) is 17.1 Å². The number of methoxy groups -OCH3 is 2. The molecule has 0 saturated heterocycles. The normalized spacial score (nSPS) is 13.9. The maximum atomic E-state index is 10.9. The van der Waals surface area contributed by atoms with Crippen LogP contribution in [0.15, 0.2) is 18.2 Å². The Kier molecular flexibility index (Phi) is 4.34. The van der Waals surface area contributed by atoms with Crippen LogP contribution < -0.4 is 15.2 Å². The minimum Gasteiger partial charge on any atom is -0.493 e. The van der Waals surface area contributed by atoms with E-state index in [1.807, 2.05) is 0 Å². The van der Waals surface area contributed by atoms with Gasteiger partial charge in [0.25, 0.3) is 0 Å². The van der Waals surface area contributed by atoms with Crippen LogP contribution in [0.25, 0.3) is 0 Å². The van der Waals surface area contributed by atoms with Gasteiger partial charge >= 0.3 is 5.97 Å². The first kappa shape index (κ1) is 13.3. The Morgan fingerprint density at radius 3 is 2.35 bits per heavy atom. The third-order valence-electron chi connectivity index (χ3n) is 2.72. The lowest BCUT2D eigenvalue weighted by atomic mass is 9.95. The Bertz CT molecular complexity index is 405. The van der Waals surface area contributed by atoms with Crippen LogP contribution in [0, 0.1) is 5.92 Å². The molecule has 0 fully saturated rings. The van der Waals surface area contributed by atoms with Gasteiger partial charge in [0.05, 0.1) is 20.1 Å². The van der Waals surface area contributed by atoms with Crippen LogP contribution in [0.4, 0.5) is 0 Å². The van der Waals surface area contributed by atoms with Crippen LogP contribution in [0.2, 0.25) is 0 Å². The molecule has 0 aromatic heterocycles. The lowest BCUT2D eigenvalue weighted by Crippen LogP contribution is -2.25. The smallest absolute Gasteiger partial charge is 0.308 e. The van der Waals surface area contributed by atoms with E-state index in [1.165, 1.54) is 14.2 Å². The van der Waals surface area contributed by atoms with Crippen LogP contribution in [-0.2, 0) is 4.79 Å². The molecule has 0 bridgehead atoms. The molecular formula is C12H17NO4. The van der Waals surface area contributed by atoms with Crippen LogP contribution in [0.1, 0.15) is 18.5 Å². The SMILES string of the molecule is COc1ccc(C(N)C(C)C(=O)O)cc1OC. The standard InChI is InChI=1S/C12H17NO4/c1-7(12(14)15)11(13)8-4-5-9(16-2)10(6-8)17-3/h4-7,11H,13H2,1-3H3,(H,14,15). The molecule has 94 valence electrons. The summed E-state index contributed by atoms with van der Waals surface area (Å²) < 4.78 is 10.2. The van der Waals surface area contributed by atoms with Gasteiger partial charge < -0.3 is 20.3 Å². The van der Waals surface area contributed by atoms with E-state index in [1.54, 1.807) is 25.1 Å². The molecule has 0 aliphatic heterocycles. The van der Waals surface area contributed by atoms with Crippen molar-refractivity contribution >= 4 is 5.97 Å². The number of benzene rings is 1. The van der Waals surface area contributed by atoms with Crippen molar-refractivity contribution in [3.8, 4) is 11.5 Å². The first-order valence-electron chi connectivity index (χ1n) is 5.21. The summed E-state index contributed by atoms with van der Waals surface area (Å²) in [6.45, 7) is 1.57. The van der Waals surface area contributed by atoms with Crippen molar-refractivity contribution in [1.29, 1.82) is 0 Å². The summed E-state index contributed by atoms with van der Waals surface area (Å²) in [6, 6.07) is 4.57. The summed E-state index contributed by atoms with van der Waals surface area (Å²) >= 11 is 0. The second-order valence-electron chi connectivity index (χ2n) is 3.77. The van der Waals surface area contributed by atoms with Gasteiger partial charge in [0.15, 0.2) is 11.5 Å². The number of ether oxygens (including phenoxy) is 2. The zero-order valence-electron chi connectivity index (χ0n) is 10.1. The fourth-order valence-electron chi connectivity index (χ4n) is 1.50. The summed E-state index contributed by atoms with van der Waals surface area (Å²) in [7, 11) is 3.06. The number of aliphatic carboxylic acids is 1. The molecular weight excluding hydrogens is 222 g/mol. The number of carboxylic acids is 1. The molecule has 3 N–H and O–H groups in total. The molecule has 1 aromatic carbocycles. The third kappa shape index (κ3) is 2.88. The van der Waals surface area contributed by atoms with E-state index in [0.717, 1.165) is 0 Å². The maximum absolute atomic E-state index is 10.9. The summed E-state index contributed by atoms with van der Waals surface area (Å²) in [4.78, 5) is 10.9. The van der Waals surface area contributed by atoms with E-state index in [9.17, 15) is 4.79 Å². The fraction of sp³-hybridized carbons (Fsp3) is 0.417. The summed E-state index contributed by atoms with van der Waals surface area (Å²) in [6.07, 6.45) is 0. The highest BCUT2D eigenvalue weighted by atomic mass is 16.5. The molecule has 0 aliphatic rings. The minimum absolute atomic E-state index is 0.540. The van der Waals surface area contributed by atoms with Gasteiger partial charge in [0, 0.05) is 6.04 Å². The van der Waals surface area contributed by atoms with Gasteiger partial charge in [-0.3, -0.25) is 4.79 Å². The van der Waals surface area contributed by atoms with Gasteiger partial charge in [-0.2, -0.15) is 0 Å². The molecule has 5 heteroatoms. The predicted molar refractivity (Wildman–Crippen MR) is 63.3 cm³/mol. The van der Waals surface area contributed by atoms with Gasteiger partial charge in [-0.1, -0.05) is 13.0 Å². The van der Waals surface area contributed by atoms with E-state index in [4.69, 9.17) is 20.3 Å². The van der Waals surface area contributed by atoms with E-state index < -0.39 is 17.9 Å². The number of rotatable bonds is 5. The van der Waals surface area contributed by atoms with Crippen molar-refractivity contribution in [2.45, 2.75) is 13.0 Å². The number of hydrogen-bond acceptors (Lipinski definition) is 4. The van der Waals surface area contributed by atoms with Crippen LogP contribution in [0.3, 0.4) is 0 Å². The Balaban J connectivity index is 3.03. The Morgan fingerprint density at radius 1 is 1.29 bits per heavy atom. The Hall–Kier alpha value is -1.75. The first-order chi connectivity index (χ1) is 8.01. The Labute approximate surface area is 100 Å². The minimum atomic E-state index is -0.924. The van der Waals surface area contributed by atoms with Crippen molar-refractivity contribution < 1.29 is 19.4 Å². The molecule has 1 rings (SSSR count). The summed E-state index contributed by atoms with van der Waals surface area (Å²) in [5.74, 6) is -0.454. The van der Waals surface area contributed by atoms with Crippen molar-refractivity contribution in [2.75, 3.05) is 14.2 Å². The topological polar surface area (TPSA) is 81.8 Å².